The van der Waals surface area contributed by atoms with Gasteiger partial charge in [-0.1, -0.05) is 6.92 Å². The number of β-amino-alcohol motifs (C(OH)–C–C–N with tert-alkyl or cyclic N) is 1. The van der Waals surface area contributed by atoms with Crippen LogP contribution >= 0.6 is 0 Å². The number of hydrogen-bond acceptors (Lipinski definition) is 5. The predicted octanol–water partition coefficient (Wildman–Crippen LogP) is 1.74. The second-order valence-electron chi connectivity index (χ2n) is 6.28. The summed E-state index contributed by atoms with van der Waals surface area (Å²) in [4.78, 5) is 6.24. The standard InChI is InChI=1S/C17H24N4O2/c1-14-6-8-20(9-7-14)10-16(22)11-23-17-4-2-15(3-5-17)21-13-18-12-19-21/h2-5,12-14,16,22H,6-11H2,1H3. The van der Waals surface area contributed by atoms with Crippen molar-refractivity contribution in [3.8, 4) is 11.4 Å². The van der Waals surface area contributed by atoms with Crippen LogP contribution in [0.2, 0.25) is 0 Å². The van der Waals surface area contributed by atoms with Crippen LogP contribution in [0.25, 0.3) is 5.69 Å². The lowest BCUT2D eigenvalue weighted by Gasteiger charge is -2.31. The Morgan fingerprint density at radius 3 is 2.65 bits per heavy atom. The van der Waals surface area contributed by atoms with Crippen molar-refractivity contribution in [1.82, 2.24) is 19.7 Å². The van der Waals surface area contributed by atoms with E-state index in [1.54, 1.807) is 11.0 Å². The third-order valence-electron chi connectivity index (χ3n) is 4.31. The molecule has 2 aromatic rings. The van der Waals surface area contributed by atoms with Gasteiger partial charge in [0.2, 0.25) is 0 Å². The minimum atomic E-state index is -0.460. The average Bonchev–Trinajstić information content (AvgIpc) is 3.10. The Kier molecular flexibility index (Phi) is 5.25. The smallest absolute Gasteiger partial charge is 0.138 e. The average molecular weight is 316 g/mol. The molecule has 2 heterocycles. The summed E-state index contributed by atoms with van der Waals surface area (Å²) in [5.41, 5.74) is 0.929. The summed E-state index contributed by atoms with van der Waals surface area (Å²) in [6.07, 6.45) is 5.13. The van der Waals surface area contributed by atoms with Gasteiger partial charge in [0, 0.05) is 6.54 Å². The molecule has 1 aromatic carbocycles. The maximum atomic E-state index is 10.1. The molecule has 1 aliphatic rings. The number of nitrogens with zero attached hydrogens (tertiary/aromatic N) is 4. The molecular weight excluding hydrogens is 292 g/mol. The molecule has 124 valence electrons. The normalized spacial score (nSPS) is 18.0. The Hall–Kier alpha value is -1.92. The lowest BCUT2D eigenvalue weighted by Crippen LogP contribution is -2.40. The molecule has 0 spiro atoms. The molecule has 0 radical (unpaired) electrons. The van der Waals surface area contributed by atoms with Crippen LogP contribution in [0.15, 0.2) is 36.9 Å². The second-order valence-corrected chi connectivity index (χ2v) is 6.28. The van der Waals surface area contributed by atoms with Gasteiger partial charge in [-0.15, -0.1) is 0 Å². The predicted molar refractivity (Wildman–Crippen MR) is 87.7 cm³/mol. The molecule has 1 saturated heterocycles. The summed E-state index contributed by atoms with van der Waals surface area (Å²) in [6.45, 7) is 5.44. The van der Waals surface area contributed by atoms with Gasteiger partial charge in [-0.25, -0.2) is 9.67 Å². The fourth-order valence-corrected chi connectivity index (χ4v) is 2.82. The maximum Gasteiger partial charge on any atom is 0.138 e. The van der Waals surface area contributed by atoms with Crippen molar-refractivity contribution in [2.75, 3.05) is 26.2 Å². The molecule has 1 unspecified atom stereocenters. The van der Waals surface area contributed by atoms with Gasteiger partial charge in [0.25, 0.3) is 0 Å². The van der Waals surface area contributed by atoms with Gasteiger partial charge in [0.05, 0.1) is 5.69 Å². The monoisotopic (exact) mass is 316 g/mol. The second kappa shape index (κ2) is 7.57. The molecule has 0 bridgehead atoms. The highest BCUT2D eigenvalue weighted by Gasteiger charge is 2.18. The van der Waals surface area contributed by atoms with Gasteiger partial charge >= 0.3 is 0 Å². The topological polar surface area (TPSA) is 63.4 Å². The SMILES string of the molecule is CC1CCN(CC(O)COc2ccc(-n3cncn3)cc2)CC1. The van der Waals surface area contributed by atoms with Crippen LogP contribution in [-0.2, 0) is 0 Å². The van der Waals surface area contributed by atoms with Crippen molar-refractivity contribution >= 4 is 0 Å². The Morgan fingerprint density at radius 2 is 2.00 bits per heavy atom. The van der Waals surface area contributed by atoms with Gasteiger partial charge in [-0.2, -0.15) is 5.10 Å². The summed E-state index contributed by atoms with van der Waals surface area (Å²) in [5, 5.41) is 14.2. The Balaban J connectivity index is 1.44. The molecule has 1 aromatic heterocycles. The van der Waals surface area contributed by atoms with Crippen LogP contribution in [0.5, 0.6) is 5.75 Å². The van der Waals surface area contributed by atoms with Crippen molar-refractivity contribution in [3.63, 3.8) is 0 Å². The van der Waals surface area contributed by atoms with E-state index in [1.807, 2.05) is 24.3 Å². The highest BCUT2D eigenvalue weighted by molar-refractivity contribution is 5.36. The zero-order chi connectivity index (χ0) is 16.1. The molecule has 1 N–H and O–H groups in total. The van der Waals surface area contributed by atoms with E-state index >= 15 is 0 Å². The van der Waals surface area contributed by atoms with Crippen LogP contribution in [0.4, 0.5) is 0 Å². The molecule has 0 aliphatic carbocycles. The fraction of sp³-hybridized carbons (Fsp3) is 0.529. The molecule has 23 heavy (non-hydrogen) atoms. The quantitative estimate of drug-likeness (QED) is 0.879. The van der Waals surface area contributed by atoms with Gasteiger partial charge in [-0.3, -0.25) is 0 Å². The largest absolute Gasteiger partial charge is 0.491 e. The van der Waals surface area contributed by atoms with E-state index < -0.39 is 6.10 Å². The fourth-order valence-electron chi connectivity index (χ4n) is 2.82. The number of aliphatic hydroxyl groups is 1. The minimum absolute atomic E-state index is 0.314. The molecule has 0 saturated carbocycles. The molecule has 0 amide bonds. The summed E-state index contributed by atoms with van der Waals surface area (Å²) >= 11 is 0. The number of piperidine rings is 1. The highest BCUT2D eigenvalue weighted by Crippen LogP contribution is 2.17. The number of benzene rings is 1. The molecule has 3 rings (SSSR count). The van der Waals surface area contributed by atoms with Gasteiger partial charge in [0.1, 0.15) is 31.1 Å². The van der Waals surface area contributed by atoms with E-state index in [9.17, 15) is 5.11 Å². The van der Waals surface area contributed by atoms with E-state index in [4.69, 9.17) is 4.74 Å². The first-order valence-electron chi connectivity index (χ1n) is 8.19. The molecule has 6 nitrogen and oxygen atoms in total. The zero-order valence-corrected chi connectivity index (χ0v) is 13.5. The van der Waals surface area contributed by atoms with Crippen LogP contribution < -0.4 is 4.74 Å². The number of likely N-dealkylation sites (tertiary alicyclic amines) is 1. The van der Waals surface area contributed by atoms with E-state index in [2.05, 4.69) is 21.9 Å². The van der Waals surface area contributed by atoms with Crippen LogP contribution in [0.3, 0.4) is 0 Å². The number of ether oxygens (including phenoxy) is 1. The molecule has 1 atom stereocenters. The third kappa shape index (κ3) is 4.53. The van der Waals surface area contributed by atoms with E-state index in [-0.39, 0.29) is 0 Å². The first-order chi connectivity index (χ1) is 11.2. The van der Waals surface area contributed by atoms with Gasteiger partial charge < -0.3 is 14.7 Å². The summed E-state index contributed by atoms with van der Waals surface area (Å²) in [7, 11) is 0. The highest BCUT2D eigenvalue weighted by atomic mass is 16.5. The molecule has 6 heteroatoms. The summed E-state index contributed by atoms with van der Waals surface area (Å²) in [5.74, 6) is 1.56. The molecular formula is C17H24N4O2. The van der Waals surface area contributed by atoms with Crippen molar-refractivity contribution in [2.45, 2.75) is 25.9 Å². The number of aliphatic hydroxyl groups excluding tert-OH is 1. The number of hydrogen-bond donors (Lipinski definition) is 1. The van der Waals surface area contributed by atoms with E-state index in [1.165, 1.54) is 19.2 Å². The van der Waals surface area contributed by atoms with Crippen LogP contribution in [-0.4, -0.2) is 57.1 Å². The maximum absolute atomic E-state index is 10.1. The van der Waals surface area contributed by atoms with Crippen molar-refractivity contribution in [2.24, 2.45) is 5.92 Å². The lowest BCUT2D eigenvalue weighted by molar-refractivity contribution is 0.0563. The first-order valence-corrected chi connectivity index (χ1v) is 8.19. The van der Waals surface area contributed by atoms with Crippen LogP contribution in [0.1, 0.15) is 19.8 Å². The summed E-state index contributed by atoms with van der Waals surface area (Å²) in [6, 6.07) is 7.60. The van der Waals surface area contributed by atoms with Crippen molar-refractivity contribution < 1.29 is 9.84 Å². The van der Waals surface area contributed by atoms with E-state index in [0.717, 1.165) is 30.4 Å². The van der Waals surface area contributed by atoms with Gasteiger partial charge in [0.15, 0.2) is 0 Å². The third-order valence-corrected chi connectivity index (χ3v) is 4.31. The Morgan fingerprint density at radius 1 is 1.26 bits per heavy atom. The molecule has 1 fully saturated rings. The Labute approximate surface area is 136 Å². The number of aromatic nitrogens is 3. The summed E-state index contributed by atoms with van der Waals surface area (Å²) < 4.78 is 7.37. The zero-order valence-electron chi connectivity index (χ0n) is 13.5. The Bertz CT molecular complexity index is 577. The van der Waals surface area contributed by atoms with Crippen molar-refractivity contribution in [3.05, 3.63) is 36.9 Å². The minimum Gasteiger partial charge on any atom is -0.491 e. The molecule has 1 aliphatic heterocycles. The lowest BCUT2D eigenvalue weighted by atomic mass is 9.99. The van der Waals surface area contributed by atoms with E-state index in [0.29, 0.717) is 13.2 Å². The van der Waals surface area contributed by atoms with Crippen molar-refractivity contribution in [1.29, 1.82) is 0 Å². The number of rotatable bonds is 6. The first kappa shape index (κ1) is 16.0. The van der Waals surface area contributed by atoms with Gasteiger partial charge in [-0.05, 0) is 56.1 Å². The van der Waals surface area contributed by atoms with Crippen LogP contribution in [0, 0.1) is 5.92 Å².